The van der Waals surface area contributed by atoms with Crippen molar-refractivity contribution in [3.8, 4) is 22.6 Å². The molecular formula is C25H19F2NO2. The molecule has 3 nitrogen and oxygen atoms in total. The van der Waals surface area contributed by atoms with Gasteiger partial charge < -0.3 is 4.42 Å². The van der Waals surface area contributed by atoms with Gasteiger partial charge in [-0.3, -0.25) is 4.79 Å². The van der Waals surface area contributed by atoms with E-state index in [1.165, 1.54) is 6.07 Å². The van der Waals surface area contributed by atoms with Crippen LogP contribution in [0.1, 0.15) is 16.7 Å². The largest absolute Gasteiger partial charge is 0.445 e. The molecule has 0 aliphatic rings. The molecule has 3 aromatic carbocycles. The second-order valence-corrected chi connectivity index (χ2v) is 7.19. The third-order valence-electron chi connectivity index (χ3n) is 4.99. The Morgan fingerprint density at radius 3 is 2.40 bits per heavy atom. The summed E-state index contributed by atoms with van der Waals surface area (Å²) < 4.78 is 32.1. The number of carbonyl (C=O) groups excluding carboxylic acids is 1. The van der Waals surface area contributed by atoms with E-state index >= 15 is 0 Å². The summed E-state index contributed by atoms with van der Waals surface area (Å²) in [6.45, 7) is 2.03. The molecule has 0 amide bonds. The Kier molecular flexibility index (Phi) is 5.53. The van der Waals surface area contributed by atoms with Gasteiger partial charge in [0.2, 0.25) is 5.89 Å². The summed E-state index contributed by atoms with van der Waals surface area (Å²) in [5.74, 6) is -0.914. The van der Waals surface area contributed by atoms with Crippen LogP contribution in [0, 0.1) is 18.6 Å². The molecule has 4 rings (SSSR count). The second kappa shape index (κ2) is 8.41. The fourth-order valence-electron chi connectivity index (χ4n) is 3.40. The molecule has 0 spiro atoms. The van der Waals surface area contributed by atoms with Crippen molar-refractivity contribution in [3.63, 3.8) is 0 Å². The molecule has 0 fully saturated rings. The minimum absolute atomic E-state index is 0.0643. The van der Waals surface area contributed by atoms with Crippen molar-refractivity contribution < 1.29 is 18.0 Å². The predicted octanol–water partition coefficient (Wildman–Crippen LogP) is 5.95. The summed E-state index contributed by atoms with van der Waals surface area (Å²) in [4.78, 5) is 16.5. The van der Waals surface area contributed by atoms with Crippen LogP contribution in [-0.2, 0) is 17.6 Å². The fraction of sp³-hybridized carbons (Fsp3) is 0.120. The van der Waals surface area contributed by atoms with Gasteiger partial charge in [0.05, 0.1) is 6.20 Å². The highest BCUT2D eigenvalue weighted by atomic mass is 19.1. The molecular weight excluding hydrogens is 384 g/mol. The number of aromatic nitrogens is 1. The lowest BCUT2D eigenvalue weighted by molar-refractivity contribution is -0.117. The Morgan fingerprint density at radius 1 is 0.933 bits per heavy atom. The third kappa shape index (κ3) is 4.35. The average molecular weight is 403 g/mol. The first kappa shape index (κ1) is 19.7. The maximum atomic E-state index is 13.8. The zero-order valence-electron chi connectivity index (χ0n) is 16.4. The monoisotopic (exact) mass is 403 g/mol. The molecule has 5 heteroatoms. The molecule has 4 aromatic rings. The Bertz CT molecular complexity index is 1180. The van der Waals surface area contributed by atoms with Crippen molar-refractivity contribution in [3.05, 3.63) is 101 Å². The quantitative estimate of drug-likeness (QED) is 0.400. The zero-order chi connectivity index (χ0) is 21.1. The van der Waals surface area contributed by atoms with E-state index in [1.54, 1.807) is 12.5 Å². The van der Waals surface area contributed by atoms with Gasteiger partial charge in [-0.2, -0.15) is 0 Å². The number of nitrogens with zero attached hydrogens (tertiary/aromatic N) is 1. The van der Waals surface area contributed by atoms with Gasteiger partial charge in [0, 0.05) is 24.5 Å². The molecule has 1 heterocycles. The van der Waals surface area contributed by atoms with Crippen molar-refractivity contribution in [1.29, 1.82) is 0 Å². The molecule has 0 aliphatic heterocycles. The molecule has 0 saturated carbocycles. The summed E-state index contributed by atoms with van der Waals surface area (Å²) in [7, 11) is 0. The van der Waals surface area contributed by atoms with Crippen LogP contribution in [0.25, 0.3) is 22.6 Å². The highest BCUT2D eigenvalue weighted by molar-refractivity contribution is 5.83. The summed E-state index contributed by atoms with van der Waals surface area (Å²) in [6.07, 6.45) is 3.27. The number of oxazole rings is 1. The molecule has 0 radical (unpaired) electrons. The molecule has 0 unspecified atom stereocenters. The van der Waals surface area contributed by atoms with Crippen molar-refractivity contribution in [2.75, 3.05) is 0 Å². The maximum Gasteiger partial charge on any atom is 0.225 e. The van der Waals surface area contributed by atoms with Crippen molar-refractivity contribution in [1.82, 2.24) is 4.98 Å². The van der Waals surface area contributed by atoms with E-state index in [1.807, 2.05) is 49.4 Å². The highest BCUT2D eigenvalue weighted by Crippen LogP contribution is 2.29. The van der Waals surface area contributed by atoms with E-state index < -0.39 is 11.6 Å². The minimum atomic E-state index is -0.694. The van der Waals surface area contributed by atoms with E-state index in [0.29, 0.717) is 5.89 Å². The summed E-state index contributed by atoms with van der Waals surface area (Å²) in [5.41, 5.74) is 5.12. The second-order valence-electron chi connectivity index (χ2n) is 7.19. The molecule has 150 valence electrons. The first-order valence-corrected chi connectivity index (χ1v) is 9.55. The van der Waals surface area contributed by atoms with Crippen LogP contribution < -0.4 is 0 Å². The summed E-state index contributed by atoms with van der Waals surface area (Å²) >= 11 is 0. The molecule has 1 aromatic heterocycles. The smallest absolute Gasteiger partial charge is 0.225 e. The number of carbonyl (C=O) groups is 1. The third-order valence-corrected chi connectivity index (χ3v) is 4.99. The van der Waals surface area contributed by atoms with Crippen LogP contribution in [0.15, 0.2) is 77.5 Å². The van der Waals surface area contributed by atoms with Crippen molar-refractivity contribution >= 4 is 5.78 Å². The topological polar surface area (TPSA) is 43.1 Å². The van der Waals surface area contributed by atoms with E-state index in [4.69, 9.17) is 4.42 Å². The van der Waals surface area contributed by atoms with Crippen molar-refractivity contribution in [2.24, 2.45) is 0 Å². The maximum absolute atomic E-state index is 13.8. The Labute approximate surface area is 173 Å². The average Bonchev–Trinajstić information content (AvgIpc) is 3.26. The Morgan fingerprint density at radius 2 is 1.70 bits per heavy atom. The van der Waals surface area contributed by atoms with Crippen LogP contribution in [0.3, 0.4) is 0 Å². The lowest BCUT2D eigenvalue weighted by Gasteiger charge is -2.09. The lowest BCUT2D eigenvalue weighted by atomic mass is 9.96. The fourth-order valence-corrected chi connectivity index (χ4v) is 3.40. The van der Waals surface area contributed by atoms with Gasteiger partial charge >= 0.3 is 0 Å². The van der Waals surface area contributed by atoms with Crippen molar-refractivity contribution in [2.45, 2.75) is 19.8 Å². The summed E-state index contributed by atoms with van der Waals surface area (Å²) in [6, 6.07) is 17.0. The number of benzene rings is 3. The van der Waals surface area contributed by atoms with Crippen LogP contribution in [-0.4, -0.2) is 10.8 Å². The molecule has 0 atom stereocenters. The molecule has 0 N–H and O–H groups in total. The van der Waals surface area contributed by atoms with Gasteiger partial charge in [0.15, 0.2) is 0 Å². The van der Waals surface area contributed by atoms with Crippen LogP contribution in [0.4, 0.5) is 8.78 Å². The van der Waals surface area contributed by atoms with E-state index in [9.17, 15) is 13.6 Å². The first-order chi connectivity index (χ1) is 14.5. The normalized spacial score (nSPS) is 10.9. The van der Waals surface area contributed by atoms with E-state index in [-0.39, 0.29) is 24.2 Å². The highest BCUT2D eigenvalue weighted by Gasteiger charge is 2.11. The van der Waals surface area contributed by atoms with Crippen LogP contribution in [0.2, 0.25) is 0 Å². The predicted molar refractivity (Wildman–Crippen MR) is 111 cm³/mol. The number of ketones is 1. The number of aryl methyl sites for hydroxylation is 1. The van der Waals surface area contributed by atoms with Crippen LogP contribution >= 0.6 is 0 Å². The SMILES string of the molecule is Cc1ccc(-c2ncco2)cc1-c1ccc(CC(=O)Cc2ccc(F)cc2F)cc1. The van der Waals surface area contributed by atoms with E-state index in [2.05, 4.69) is 4.98 Å². The first-order valence-electron chi connectivity index (χ1n) is 9.55. The molecule has 0 aliphatic carbocycles. The Balaban J connectivity index is 1.49. The van der Waals surface area contributed by atoms with E-state index in [0.717, 1.165) is 39.9 Å². The molecule has 30 heavy (non-hydrogen) atoms. The van der Waals surface area contributed by atoms with Crippen LogP contribution in [0.5, 0.6) is 0 Å². The zero-order valence-corrected chi connectivity index (χ0v) is 16.4. The summed E-state index contributed by atoms with van der Waals surface area (Å²) in [5, 5.41) is 0. The van der Waals surface area contributed by atoms with Gasteiger partial charge in [-0.25, -0.2) is 13.8 Å². The van der Waals surface area contributed by atoms with Gasteiger partial charge in [-0.15, -0.1) is 0 Å². The number of Topliss-reactive ketones (excluding diaryl/α,β-unsaturated/α-hetero) is 1. The van der Waals surface area contributed by atoms with Gasteiger partial charge in [0.25, 0.3) is 0 Å². The standard InChI is InChI=1S/C25H19F2NO2/c1-16-2-5-20(25-28-10-11-30-25)14-23(16)18-6-3-17(4-7-18)12-22(29)13-19-8-9-21(26)15-24(19)27/h2-11,14-15H,12-13H2,1H3. The minimum Gasteiger partial charge on any atom is -0.445 e. The van der Waals surface area contributed by atoms with Gasteiger partial charge in [0.1, 0.15) is 23.7 Å². The van der Waals surface area contributed by atoms with Gasteiger partial charge in [-0.1, -0.05) is 36.4 Å². The number of halogens is 2. The Hall–Kier alpha value is -3.60. The van der Waals surface area contributed by atoms with Gasteiger partial charge in [-0.05, 0) is 52.9 Å². The molecule has 0 saturated heterocycles. The number of hydrogen-bond acceptors (Lipinski definition) is 3. The number of hydrogen-bond donors (Lipinski definition) is 0. The molecule has 0 bridgehead atoms. The number of rotatable bonds is 6. The lowest BCUT2D eigenvalue weighted by Crippen LogP contribution is -2.08.